The molecule has 0 aromatic carbocycles. The summed E-state index contributed by atoms with van der Waals surface area (Å²) in [4.78, 5) is 0. The Kier molecular flexibility index (Phi) is 3.64. The zero-order chi connectivity index (χ0) is 12.3. The molecule has 1 unspecified atom stereocenters. The topological polar surface area (TPSA) is 34.8 Å². The van der Waals surface area contributed by atoms with E-state index >= 15 is 0 Å². The van der Waals surface area contributed by atoms with E-state index in [2.05, 4.69) is 53.2 Å². The van der Waals surface area contributed by atoms with Crippen LogP contribution < -0.4 is 5.32 Å². The van der Waals surface area contributed by atoms with Gasteiger partial charge in [-0.1, -0.05) is 6.92 Å². The van der Waals surface area contributed by atoms with E-state index < -0.39 is 0 Å². The maximum Gasteiger partial charge on any atom is 0.0821 e. The first-order valence-corrected chi connectivity index (χ1v) is 6.07. The monoisotopic (exact) mass is 232 g/mol. The van der Waals surface area contributed by atoms with Gasteiger partial charge in [-0.3, -0.25) is 4.68 Å². The van der Waals surface area contributed by atoms with E-state index in [1.807, 2.05) is 17.9 Å². The van der Waals surface area contributed by atoms with Crippen LogP contribution in [0.25, 0.3) is 0 Å². The first kappa shape index (κ1) is 11.9. The third-order valence-corrected chi connectivity index (χ3v) is 2.92. The third-order valence-electron chi connectivity index (χ3n) is 2.92. The predicted octanol–water partition coefficient (Wildman–Crippen LogP) is 1.94. The van der Waals surface area contributed by atoms with Crippen molar-refractivity contribution in [2.75, 3.05) is 6.54 Å². The van der Waals surface area contributed by atoms with Crippen molar-refractivity contribution in [1.29, 1.82) is 0 Å². The second-order valence-corrected chi connectivity index (χ2v) is 4.32. The minimum Gasteiger partial charge on any atom is -0.344 e. The summed E-state index contributed by atoms with van der Waals surface area (Å²) in [7, 11) is 1.95. The smallest absolute Gasteiger partial charge is 0.0821 e. The molecule has 0 radical (unpaired) electrons. The van der Waals surface area contributed by atoms with Crippen LogP contribution in [0.4, 0.5) is 0 Å². The van der Waals surface area contributed by atoms with Crippen LogP contribution in [-0.2, 0) is 13.6 Å². The van der Waals surface area contributed by atoms with Crippen molar-refractivity contribution in [3.05, 3.63) is 42.0 Å². The number of aromatic nitrogens is 3. The largest absolute Gasteiger partial charge is 0.344 e. The number of hydrogen-bond donors (Lipinski definition) is 1. The highest BCUT2D eigenvalue weighted by Crippen LogP contribution is 2.14. The van der Waals surface area contributed by atoms with Crippen molar-refractivity contribution in [2.24, 2.45) is 7.05 Å². The Morgan fingerprint density at radius 3 is 2.82 bits per heavy atom. The Morgan fingerprint density at radius 1 is 1.35 bits per heavy atom. The van der Waals surface area contributed by atoms with Crippen molar-refractivity contribution in [2.45, 2.75) is 26.4 Å². The highest BCUT2D eigenvalue weighted by atomic mass is 15.3. The molecule has 2 rings (SSSR count). The molecular formula is C13H20N4. The molecule has 0 aliphatic rings. The highest BCUT2D eigenvalue weighted by molar-refractivity contribution is 5.14. The summed E-state index contributed by atoms with van der Waals surface area (Å²) in [5.41, 5.74) is 2.39. The lowest BCUT2D eigenvalue weighted by atomic mass is 10.2. The summed E-state index contributed by atoms with van der Waals surface area (Å²) < 4.78 is 4.09. The first-order chi connectivity index (χ1) is 8.20. The number of nitrogens with zero attached hydrogens (tertiary/aromatic N) is 3. The minimum absolute atomic E-state index is 0.374. The Hall–Kier alpha value is -1.55. The van der Waals surface area contributed by atoms with Crippen molar-refractivity contribution in [3.8, 4) is 0 Å². The standard InChI is InChI=1S/C13H20N4/c1-4-14-11(2)13-6-5-8-17(13)10-12-7-9-16(3)15-12/h5-9,11,14H,4,10H2,1-3H3. The molecule has 92 valence electrons. The Balaban J connectivity index is 2.13. The minimum atomic E-state index is 0.374. The van der Waals surface area contributed by atoms with E-state index in [1.165, 1.54) is 5.69 Å². The lowest BCUT2D eigenvalue weighted by Gasteiger charge is -2.15. The van der Waals surface area contributed by atoms with Crippen LogP contribution in [0.2, 0.25) is 0 Å². The molecule has 0 bridgehead atoms. The molecule has 4 nitrogen and oxygen atoms in total. The van der Waals surface area contributed by atoms with Gasteiger partial charge in [0.2, 0.25) is 0 Å². The van der Waals surface area contributed by atoms with Gasteiger partial charge in [-0.25, -0.2) is 0 Å². The highest BCUT2D eigenvalue weighted by Gasteiger charge is 2.09. The number of rotatable bonds is 5. The van der Waals surface area contributed by atoms with Gasteiger partial charge in [0.25, 0.3) is 0 Å². The fourth-order valence-electron chi connectivity index (χ4n) is 2.10. The third kappa shape index (κ3) is 2.77. The van der Waals surface area contributed by atoms with E-state index in [0.717, 1.165) is 18.8 Å². The quantitative estimate of drug-likeness (QED) is 0.855. The van der Waals surface area contributed by atoms with Gasteiger partial charge in [-0.05, 0) is 31.7 Å². The zero-order valence-electron chi connectivity index (χ0n) is 10.7. The normalized spacial score (nSPS) is 12.9. The van der Waals surface area contributed by atoms with Crippen LogP contribution in [0, 0.1) is 0 Å². The van der Waals surface area contributed by atoms with Gasteiger partial charge in [-0.2, -0.15) is 5.10 Å². The average Bonchev–Trinajstić information content (AvgIpc) is 2.89. The average molecular weight is 232 g/mol. The number of aryl methyl sites for hydroxylation is 1. The van der Waals surface area contributed by atoms with Crippen LogP contribution in [0.5, 0.6) is 0 Å². The van der Waals surface area contributed by atoms with Gasteiger partial charge in [0.05, 0.1) is 12.2 Å². The molecular weight excluding hydrogens is 212 g/mol. The van der Waals surface area contributed by atoms with Gasteiger partial charge >= 0.3 is 0 Å². The fourth-order valence-corrected chi connectivity index (χ4v) is 2.10. The van der Waals surface area contributed by atoms with Crippen molar-refractivity contribution in [1.82, 2.24) is 19.7 Å². The summed E-state index contributed by atoms with van der Waals surface area (Å²) in [5.74, 6) is 0. The Morgan fingerprint density at radius 2 is 2.18 bits per heavy atom. The molecule has 4 heteroatoms. The molecule has 0 aliphatic carbocycles. The number of nitrogens with one attached hydrogen (secondary N) is 1. The van der Waals surface area contributed by atoms with Gasteiger partial charge < -0.3 is 9.88 Å². The lowest BCUT2D eigenvalue weighted by molar-refractivity contribution is 0.550. The first-order valence-electron chi connectivity index (χ1n) is 6.07. The molecule has 0 fully saturated rings. The summed E-state index contributed by atoms with van der Waals surface area (Å²) >= 11 is 0. The van der Waals surface area contributed by atoms with E-state index in [0.29, 0.717) is 6.04 Å². The van der Waals surface area contributed by atoms with Crippen LogP contribution in [0.1, 0.15) is 31.3 Å². The SMILES string of the molecule is CCNC(C)c1cccn1Cc1ccn(C)n1. The molecule has 2 aromatic heterocycles. The molecule has 17 heavy (non-hydrogen) atoms. The summed E-state index contributed by atoms with van der Waals surface area (Å²) in [5, 5.41) is 7.84. The van der Waals surface area contributed by atoms with E-state index in [1.54, 1.807) is 0 Å². The van der Waals surface area contributed by atoms with Gasteiger partial charge in [-0.15, -0.1) is 0 Å². The van der Waals surface area contributed by atoms with E-state index in [9.17, 15) is 0 Å². The molecule has 1 N–H and O–H groups in total. The van der Waals surface area contributed by atoms with Gasteiger partial charge in [0.1, 0.15) is 0 Å². The number of hydrogen-bond acceptors (Lipinski definition) is 2. The van der Waals surface area contributed by atoms with Crippen molar-refractivity contribution >= 4 is 0 Å². The summed E-state index contributed by atoms with van der Waals surface area (Å²) in [6, 6.07) is 6.68. The van der Waals surface area contributed by atoms with E-state index in [-0.39, 0.29) is 0 Å². The van der Waals surface area contributed by atoms with Crippen LogP contribution >= 0.6 is 0 Å². The van der Waals surface area contributed by atoms with E-state index in [4.69, 9.17) is 0 Å². The molecule has 1 atom stereocenters. The molecule has 0 saturated carbocycles. The molecule has 2 heterocycles. The molecule has 0 saturated heterocycles. The molecule has 0 amide bonds. The summed E-state index contributed by atoms with van der Waals surface area (Å²) in [6.07, 6.45) is 4.09. The van der Waals surface area contributed by atoms with Crippen molar-refractivity contribution in [3.63, 3.8) is 0 Å². The second kappa shape index (κ2) is 5.19. The van der Waals surface area contributed by atoms with Crippen LogP contribution in [0.3, 0.4) is 0 Å². The molecule has 0 aliphatic heterocycles. The maximum absolute atomic E-state index is 4.41. The Bertz CT molecular complexity index is 469. The molecule has 2 aromatic rings. The summed E-state index contributed by atoms with van der Waals surface area (Å²) in [6.45, 7) is 6.13. The predicted molar refractivity (Wildman–Crippen MR) is 68.8 cm³/mol. The second-order valence-electron chi connectivity index (χ2n) is 4.32. The van der Waals surface area contributed by atoms with Crippen molar-refractivity contribution < 1.29 is 0 Å². The molecule has 0 spiro atoms. The maximum atomic E-state index is 4.41. The zero-order valence-corrected chi connectivity index (χ0v) is 10.7. The lowest BCUT2D eigenvalue weighted by Crippen LogP contribution is -2.20. The fraction of sp³-hybridized carbons (Fsp3) is 0.462. The van der Waals surface area contributed by atoms with Gasteiger partial charge in [0.15, 0.2) is 0 Å². The van der Waals surface area contributed by atoms with Gasteiger partial charge in [0, 0.05) is 31.2 Å². The van der Waals surface area contributed by atoms with Crippen LogP contribution in [-0.4, -0.2) is 20.9 Å². The Labute approximate surface area is 102 Å². The van der Waals surface area contributed by atoms with Crippen LogP contribution in [0.15, 0.2) is 30.6 Å².